The zero-order valence-corrected chi connectivity index (χ0v) is 11.3. The van der Waals surface area contributed by atoms with Gasteiger partial charge in [-0.1, -0.05) is 13.8 Å². The highest BCUT2D eigenvalue weighted by atomic mass is 16.3. The van der Waals surface area contributed by atoms with Crippen LogP contribution in [0.15, 0.2) is 29.2 Å². The van der Waals surface area contributed by atoms with Crippen LogP contribution in [0.2, 0.25) is 0 Å². The van der Waals surface area contributed by atoms with E-state index in [0.29, 0.717) is 0 Å². The number of rotatable bonds is 6. The standard InChI is InChI=1S/C14H21N3O/c1-4-7-15-14(11-6-8-18-10-11)12-9-17(3)16-13(12)5-2/h6,8-10,14-15H,4-5,7H2,1-3H3. The van der Waals surface area contributed by atoms with Crippen LogP contribution in [0.3, 0.4) is 0 Å². The van der Waals surface area contributed by atoms with E-state index < -0.39 is 0 Å². The van der Waals surface area contributed by atoms with Gasteiger partial charge in [-0.05, 0) is 25.5 Å². The van der Waals surface area contributed by atoms with Crippen LogP contribution >= 0.6 is 0 Å². The van der Waals surface area contributed by atoms with Gasteiger partial charge >= 0.3 is 0 Å². The molecule has 0 aromatic carbocycles. The average Bonchev–Trinajstić information content (AvgIpc) is 2.99. The molecule has 18 heavy (non-hydrogen) atoms. The first-order chi connectivity index (χ1) is 8.76. The summed E-state index contributed by atoms with van der Waals surface area (Å²) in [5.74, 6) is 0. The van der Waals surface area contributed by atoms with Gasteiger partial charge < -0.3 is 9.73 Å². The van der Waals surface area contributed by atoms with Gasteiger partial charge in [0.15, 0.2) is 0 Å². The summed E-state index contributed by atoms with van der Waals surface area (Å²) in [5, 5.41) is 8.08. The summed E-state index contributed by atoms with van der Waals surface area (Å²) >= 11 is 0. The molecule has 0 aliphatic carbocycles. The minimum absolute atomic E-state index is 0.173. The second-order valence-corrected chi connectivity index (χ2v) is 4.50. The molecule has 0 radical (unpaired) electrons. The fourth-order valence-electron chi connectivity index (χ4n) is 2.20. The first-order valence-corrected chi connectivity index (χ1v) is 6.54. The van der Waals surface area contributed by atoms with Crippen molar-refractivity contribution >= 4 is 0 Å². The lowest BCUT2D eigenvalue weighted by Gasteiger charge is -2.16. The smallest absolute Gasteiger partial charge is 0.0953 e. The average molecular weight is 247 g/mol. The molecular weight excluding hydrogens is 226 g/mol. The van der Waals surface area contributed by atoms with Gasteiger partial charge in [-0.25, -0.2) is 0 Å². The molecule has 2 rings (SSSR count). The van der Waals surface area contributed by atoms with Crippen molar-refractivity contribution in [2.45, 2.75) is 32.7 Å². The second kappa shape index (κ2) is 5.87. The molecule has 1 unspecified atom stereocenters. The van der Waals surface area contributed by atoms with Crippen molar-refractivity contribution < 1.29 is 4.42 Å². The van der Waals surface area contributed by atoms with Crippen LogP contribution < -0.4 is 5.32 Å². The van der Waals surface area contributed by atoms with E-state index in [1.165, 1.54) is 5.56 Å². The summed E-state index contributed by atoms with van der Waals surface area (Å²) in [6, 6.07) is 2.19. The number of hydrogen-bond donors (Lipinski definition) is 1. The zero-order valence-electron chi connectivity index (χ0n) is 11.3. The van der Waals surface area contributed by atoms with Crippen LogP contribution in [0.5, 0.6) is 0 Å². The van der Waals surface area contributed by atoms with Crippen LogP contribution in [-0.4, -0.2) is 16.3 Å². The second-order valence-electron chi connectivity index (χ2n) is 4.50. The molecular formula is C14H21N3O. The van der Waals surface area contributed by atoms with Crippen LogP contribution in [-0.2, 0) is 13.5 Å². The normalized spacial score (nSPS) is 12.8. The summed E-state index contributed by atoms with van der Waals surface area (Å²) in [6.45, 7) is 5.29. The van der Waals surface area contributed by atoms with Crippen LogP contribution in [0.1, 0.15) is 43.1 Å². The Morgan fingerprint density at radius 2 is 2.28 bits per heavy atom. The van der Waals surface area contributed by atoms with Crippen molar-refractivity contribution in [3.63, 3.8) is 0 Å². The van der Waals surface area contributed by atoms with Gasteiger partial charge in [-0.3, -0.25) is 4.68 Å². The number of aryl methyl sites for hydroxylation is 2. The van der Waals surface area contributed by atoms with E-state index in [0.717, 1.165) is 30.6 Å². The lowest BCUT2D eigenvalue weighted by Crippen LogP contribution is -2.23. The lowest BCUT2D eigenvalue weighted by atomic mass is 10.0. The van der Waals surface area contributed by atoms with E-state index in [1.807, 2.05) is 17.8 Å². The van der Waals surface area contributed by atoms with E-state index >= 15 is 0 Å². The van der Waals surface area contributed by atoms with Crippen molar-refractivity contribution in [2.75, 3.05) is 6.54 Å². The minimum Gasteiger partial charge on any atom is -0.472 e. The number of aromatic nitrogens is 2. The van der Waals surface area contributed by atoms with Gasteiger partial charge in [0.2, 0.25) is 0 Å². The highest BCUT2D eigenvalue weighted by Gasteiger charge is 2.19. The summed E-state index contributed by atoms with van der Waals surface area (Å²) in [7, 11) is 1.97. The zero-order chi connectivity index (χ0) is 13.0. The maximum atomic E-state index is 5.21. The third-order valence-electron chi connectivity index (χ3n) is 3.06. The first-order valence-electron chi connectivity index (χ1n) is 6.54. The largest absolute Gasteiger partial charge is 0.472 e. The molecule has 1 atom stereocenters. The third-order valence-corrected chi connectivity index (χ3v) is 3.06. The highest BCUT2D eigenvalue weighted by Crippen LogP contribution is 2.25. The highest BCUT2D eigenvalue weighted by molar-refractivity contribution is 5.31. The Morgan fingerprint density at radius 3 is 2.89 bits per heavy atom. The molecule has 4 heteroatoms. The topological polar surface area (TPSA) is 43.0 Å². The van der Waals surface area contributed by atoms with Gasteiger partial charge in [0.05, 0.1) is 24.3 Å². The fourth-order valence-corrected chi connectivity index (χ4v) is 2.20. The molecule has 2 aromatic rings. The molecule has 0 bridgehead atoms. The predicted molar refractivity (Wildman–Crippen MR) is 71.4 cm³/mol. The quantitative estimate of drug-likeness (QED) is 0.853. The molecule has 2 aromatic heterocycles. The van der Waals surface area contributed by atoms with E-state index in [2.05, 4.69) is 30.5 Å². The SMILES string of the molecule is CCCNC(c1ccoc1)c1cn(C)nc1CC. The molecule has 1 N–H and O–H groups in total. The van der Waals surface area contributed by atoms with Crippen molar-refractivity contribution in [1.82, 2.24) is 15.1 Å². The Bertz CT molecular complexity index is 473. The Balaban J connectivity index is 2.33. The van der Waals surface area contributed by atoms with E-state index in [1.54, 1.807) is 12.5 Å². The van der Waals surface area contributed by atoms with Gasteiger partial charge in [0, 0.05) is 24.4 Å². The number of nitrogens with one attached hydrogen (secondary N) is 1. The summed E-state index contributed by atoms with van der Waals surface area (Å²) < 4.78 is 7.09. The van der Waals surface area contributed by atoms with Gasteiger partial charge in [0.25, 0.3) is 0 Å². The monoisotopic (exact) mass is 247 g/mol. The Kier molecular flexibility index (Phi) is 4.20. The number of nitrogens with zero attached hydrogens (tertiary/aromatic N) is 2. The summed E-state index contributed by atoms with van der Waals surface area (Å²) in [5.41, 5.74) is 3.55. The Hall–Kier alpha value is -1.55. The maximum Gasteiger partial charge on any atom is 0.0953 e. The van der Waals surface area contributed by atoms with E-state index in [-0.39, 0.29) is 6.04 Å². The third kappa shape index (κ3) is 2.64. The minimum atomic E-state index is 0.173. The van der Waals surface area contributed by atoms with Gasteiger partial charge in [0.1, 0.15) is 0 Å². The van der Waals surface area contributed by atoms with Gasteiger partial charge in [-0.15, -0.1) is 0 Å². The number of furan rings is 1. The molecule has 2 heterocycles. The first kappa shape index (κ1) is 12.9. The van der Waals surface area contributed by atoms with Crippen LogP contribution in [0.4, 0.5) is 0 Å². The number of hydrogen-bond acceptors (Lipinski definition) is 3. The summed E-state index contributed by atoms with van der Waals surface area (Å²) in [4.78, 5) is 0. The maximum absolute atomic E-state index is 5.21. The van der Waals surface area contributed by atoms with E-state index in [4.69, 9.17) is 4.42 Å². The molecule has 0 saturated heterocycles. The van der Waals surface area contributed by atoms with Crippen molar-refractivity contribution in [1.29, 1.82) is 0 Å². The molecule has 0 aliphatic heterocycles. The lowest BCUT2D eigenvalue weighted by molar-refractivity contribution is 0.547. The molecule has 0 fully saturated rings. The summed E-state index contributed by atoms with van der Waals surface area (Å²) in [6.07, 6.45) is 7.67. The molecule has 0 amide bonds. The van der Waals surface area contributed by atoms with Crippen molar-refractivity contribution in [3.05, 3.63) is 41.6 Å². The predicted octanol–water partition coefficient (Wildman–Crippen LogP) is 2.66. The van der Waals surface area contributed by atoms with Crippen LogP contribution in [0.25, 0.3) is 0 Å². The molecule has 0 spiro atoms. The van der Waals surface area contributed by atoms with Crippen molar-refractivity contribution in [2.24, 2.45) is 7.05 Å². The van der Waals surface area contributed by atoms with Crippen molar-refractivity contribution in [3.8, 4) is 0 Å². The Morgan fingerprint density at radius 1 is 1.44 bits per heavy atom. The molecule has 0 saturated carbocycles. The van der Waals surface area contributed by atoms with Gasteiger partial charge in [-0.2, -0.15) is 5.10 Å². The molecule has 4 nitrogen and oxygen atoms in total. The fraction of sp³-hybridized carbons (Fsp3) is 0.500. The molecule has 0 aliphatic rings. The molecule has 98 valence electrons. The van der Waals surface area contributed by atoms with Crippen LogP contribution in [0, 0.1) is 0 Å². The van der Waals surface area contributed by atoms with E-state index in [9.17, 15) is 0 Å². The Labute approximate surface area is 108 Å².